The lowest BCUT2D eigenvalue weighted by Gasteiger charge is -2.27. The monoisotopic (exact) mass is 468 g/mol. The number of imide groups is 2. The molecule has 0 saturated carbocycles. The molecule has 0 aliphatic carbocycles. The Morgan fingerprint density at radius 1 is 1.10 bits per heavy atom. The molecular formula is C20H15Cl3N2O5. The number of urea groups is 1. The van der Waals surface area contributed by atoms with Crippen molar-refractivity contribution in [2.75, 3.05) is 18.6 Å². The van der Waals surface area contributed by atoms with E-state index in [1.165, 1.54) is 37.5 Å². The van der Waals surface area contributed by atoms with Gasteiger partial charge in [0.1, 0.15) is 5.57 Å². The molecule has 3 rings (SSSR count). The summed E-state index contributed by atoms with van der Waals surface area (Å²) in [5.74, 6) is -1.06. The number of benzene rings is 2. The Morgan fingerprint density at radius 3 is 2.50 bits per heavy atom. The molecule has 1 N–H and O–H groups in total. The minimum absolute atomic E-state index is 0.00231. The van der Waals surface area contributed by atoms with Gasteiger partial charge in [0.15, 0.2) is 11.5 Å². The number of carbonyl (C=O) groups excluding carboxylic acids is 3. The molecule has 4 amide bonds. The Labute approximate surface area is 187 Å². The number of rotatable bonds is 5. The van der Waals surface area contributed by atoms with Crippen molar-refractivity contribution in [3.05, 3.63) is 56.5 Å². The molecule has 2 aromatic rings. The topological polar surface area (TPSA) is 84.9 Å². The molecule has 0 spiro atoms. The number of anilines is 1. The van der Waals surface area contributed by atoms with Crippen molar-refractivity contribution in [3.8, 4) is 11.5 Å². The van der Waals surface area contributed by atoms with Gasteiger partial charge in [0.25, 0.3) is 11.8 Å². The molecule has 1 aliphatic rings. The van der Waals surface area contributed by atoms with E-state index in [0.717, 1.165) is 4.90 Å². The second kappa shape index (κ2) is 8.95. The number of nitrogens with one attached hydrogen (secondary N) is 1. The van der Waals surface area contributed by atoms with Crippen molar-refractivity contribution in [3.63, 3.8) is 0 Å². The van der Waals surface area contributed by atoms with Gasteiger partial charge in [-0.25, -0.2) is 9.69 Å². The minimum Gasteiger partial charge on any atom is -0.491 e. The van der Waals surface area contributed by atoms with Crippen LogP contribution in [0.2, 0.25) is 15.1 Å². The number of methoxy groups -OCH3 is 1. The van der Waals surface area contributed by atoms with Crippen LogP contribution < -0.4 is 19.7 Å². The van der Waals surface area contributed by atoms with Crippen LogP contribution >= 0.6 is 34.8 Å². The highest BCUT2D eigenvalue weighted by Crippen LogP contribution is 2.38. The zero-order valence-electron chi connectivity index (χ0n) is 15.8. The summed E-state index contributed by atoms with van der Waals surface area (Å²) in [6.07, 6.45) is 1.30. The van der Waals surface area contributed by atoms with E-state index >= 15 is 0 Å². The number of nitrogens with zero attached hydrogens (tertiary/aromatic N) is 1. The van der Waals surface area contributed by atoms with Gasteiger partial charge in [0.05, 0.1) is 34.5 Å². The fraction of sp³-hybridized carbons (Fsp3) is 0.150. The third-order valence-corrected chi connectivity index (χ3v) is 5.21. The van der Waals surface area contributed by atoms with E-state index in [0.29, 0.717) is 23.7 Å². The molecule has 0 atom stereocenters. The molecule has 1 fully saturated rings. The van der Waals surface area contributed by atoms with E-state index in [1.54, 1.807) is 13.0 Å². The normalized spacial score (nSPS) is 15.4. The lowest BCUT2D eigenvalue weighted by atomic mass is 10.1. The van der Waals surface area contributed by atoms with Crippen LogP contribution in [0.3, 0.4) is 0 Å². The summed E-state index contributed by atoms with van der Waals surface area (Å²) in [6, 6.07) is 6.61. The van der Waals surface area contributed by atoms with Gasteiger partial charge >= 0.3 is 6.03 Å². The molecule has 10 heteroatoms. The number of hydrogen-bond acceptors (Lipinski definition) is 5. The van der Waals surface area contributed by atoms with Gasteiger partial charge in [0, 0.05) is 0 Å². The third-order valence-electron chi connectivity index (χ3n) is 4.12. The number of amides is 4. The highest BCUT2D eigenvalue weighted by Gasteiger charge is 2.38. The van der Waals surface area contributed by atoms with Crippen molar-refractivity contribution in [2.24, 2.45) is 0 Å². The lowest BCUT2D eigenvalue weighted by molar-refractivity contribution is -0.122. The average Bonchev–Trinajstić information content (AvgIpc) is 2.68. The molecule has 2 aromatic carbocycles. The fourth-order valence-electron chi connectivity index (χ4n) is 2.84. The SMILES string of the molecule is CCOc1cc(/C=C2\C(=O)NC(=O)N(c3cccc(Cl)c3Cl)C2=O)cc(Cl)c1OC. The first-order valence-electron chi connectivity index (χ1n) is 8.64. The fourth-order valence-corrected chi connectivity index (χ4v) is 3.52. The van der Waals surface area contributed by atoms with Crippen molar-refractivity contribution in [1.82, 2.24) is 5.32 Å². The van der Waals surface area contributed by atoms with Crippen LogP contribution in [0.25, 0.3) is 6.08 Å². The molecule has 7 nitrogen and oxygen atoms in total. The lowest BCUT2D eigenvalue weighted by Crippen LogP contribution is -2.54. The van der Waals surface area contributed by atoms with Gasteiger partial charge in [-0.15, -0.1) is 0 Å². The van der Waals surface area contributed by atoms with Crippen LogP contribution in [0, 0.1) is 0 Å². The Hall–Kier alpha value is -2.74. The summed E-state index contributed by atoms with van der Waals surface area (Å²) in [5, 5.41) is 2.50. The summed E-state index contributed by atoms with van der Waals surface area (Å²) in [5.41, 5.74) is 0.149. The van der Waals surface area contributed by atoms with Crippen molar-refractivity contribution >= 4 is 64.4 Å². The predicted molar refractivity (Wildman–Crippen MR) is 115 cm³/mol. The Balaban J connectivity index is 2.08. The first-order valence-corrected chi connectivity index (χ1v) is 9.77. The average molecular weight is 470 g/mol. The highest BCUT2D eigenvalue weighted by atomic mass is 35.5. The van der Waals surface area contributed by atoms with Crippen LogP contribution in [-0.2, 0) is 9.59 Å². The van der Waals surface area contributed by atoms with Crippen LogP contribution in [0.1, 0.15) is 12.5 Å². The zero-order chi connectivity index (χ0) is 22.0. The molecule has 0 bridgehead atoms. The van der Waals surface area contributed by atoms with E-state index < -0.39 is 17.8 Å². The molecule has 1 saturated heterocycles. The van der Waals surface area contributed by atoms with E-state index in [2.05, 4.69) is 5.32 Å². The molecule has 0 aromatic heterocycles. The van der Waals surface area contributed by atoms with Crippen molar-refractivity contribution < 1.29 is 23.9 Å². The summed E-state index contributed by atoms with van der Waals surface area (Å²) in [4.78, 5) is 38.5. The second-order valence-corrected chi connectivity index (χ2v) is 7.19. The zero-order valence-corrected chi connectivity index (χ0v) is 18.1. The summed E-state index contributed by atoms with van der Waals surface area (Å²) >= 11 is 18.4. The molecule has 156 valence electrons. The molecule has 0 unspecified atom stereocenters. The van der Waals surface area contributed by atoms with E-state index in [4.69, 9.17) is 44.3 Å². The summed E-state index contributed by atoms with van der Waals surface area (Å²) < 4.78 is 10.7. The van der Waals surface area contributed by atoms with Crippen molar-refractivity contribution in [2.45, 2.75) is 6.92 Å². The van der Waals surface area contributed by atoms with Crippen LogP contribution in [0.15, 0.2) is 35.9 Å². The van der Waals surface area contributed by atoms with Crippen LogP contribution in [-0.4, -0.2) is 31.6 Å². The molecule has 1 heterocycles. The third kappa shape index (κ3) is 4.09. The molecule has 0 radical (unpaired) electrons. The quantitative estimate of drug-likeness (QED) is 0.506. The minimum atomic E-state index is -0.936. The van der Waals surface area contributed by atoms with E-state index in [9.17, 15) is 14.4 Å². The predicted octanol–water partition coefficient (Wildman–Crippen LogP) is 4.72. The van der Waals surface area contributed by atoms with Gasteiger partial charge in [-0.3, -0.25) is 14.9 Å². The van der Waals surface area contributed by atoms with Crippen LogP contribution in [0.4, 0.5) is 10.5 Å². The van der Waals surface area contributed by atoms with Gasteiger partial charge in [0.2, 0.25) is 0 Å². The summed E-state index contributed by atoms with van der Waals surface area (Å²) in [7, 11) is 1.44. The van der Waals surface area contributed by atoms with E-state index in [1.807, 2.05) is 0 Å². The Kier molecular flexibility index (Phi) is 6.55. The maximum absolute atomic E-state index is 13.0. The molecule has 1 aliphatic heterocycles. The number of halogens is 3. The number of hydrogen-bond donors (Lipinski definition) is 1. The number of carbonyl (C=O) groups is 3. The van der Waals surface area contributed by atoms with Crippen molar-refractivity contribution in [1.29, 1.82) is 0 Å². The number of barbiturate groups is 1. The second-order valence-electron chi connectivity index (χ2n) is 6.00. The summed E-state index contributed by atoms with van der Waals surface area (Å²) in [6.45, 7) is 2.14. The Morgan fingerprint density at radius 2 is 1.83 bits per heavy atom. The van der Waals surface area contributed by atoms with Gasteiger partial charge < -0.3 is 9.47 Å². The number of ether oxygens (including phenoxy) is 2. The molecule has 30 heavy (non-hydrogen) atoms. The first-order chi connectivity index (χ1) is 14.3. The van der Waals surface area contributed by atoms with Crippen LogP contribution in [0.5, 0.6) is 11.5 Å². The standard InChI is InChI=1S/C20H15Cl3N2O5/c1-3-30-15-9-10(8-13(22)17(15)29-2)7-11-18(26)24-20(28)25(19(11)27)14-6-4-5-12(21)16(14)23/h4-9H,3H2,1-2H3,(H,24,26,28)/b11-7+. The largest absolute Gasteiger partial charge is 0.491 e. The van der Waals surface area contributed by atoms with Gasteiger partial charge in [-0.1, -0.05) is 40.9 Å². The first kappa shape index (κ1) is 22.0. The van der Waals surface area contributed by atoms with Gasteiger partial charge in [-0.2, -0.15) is 0 Å². The smallest absolute Gasteiger partial charge is 0.336 e. The maximum Gasteiger partial charge on any atom is 0.336 e. The maximum atomic E-state index is 13.0. The Bertz CT molecular complexity index is 1080. The van der Waals surface area contributed by atoms with Gasteiger partial charge in [-0.05, 0) is 42.8 Å². The van der Waals surface area contributed by atoms with E-state index in [-0.39, 0.29) is 26.3 Å². The molecular weight excluding hydrogens is 455 g/mol. The highest BCUT2D eigenvalue weighted by molar-refractivity contribution is 6.46.